The Bertz CT molecular complexity index is 1420. The van der Waals surface area contributed by atoms with Gasteiger partial charge in [-0.3, -0.25) is 9.36 Å². The SMILES string of the molecule is O=C(O)c1cccc(-n2c(C=Cc3cccc(C(F)(F)F)c3)nc3ccccc3c2=O)c1. The van der Waals surface area contributed by atoms with Gasteiger partial charge in [0.15, 0.2) is 0 Å². The number of rotatable bonds is 4. The van der Waals surface area contributed by atoms with Crippen LogP contribution in [0.1, 0.15) is 27.3 Å². The summed E-state index contributed by atoms with van der Waals surface area (Å²) in [7, 11) is 0. The number of alkyl halides is 3. The van der Waals surface area contributed by atoms with Crippen LogP contribution in [0, 0.1) is 0 Å². The molecule has 0 saturated carbocycles. The van der Waals surface area contributed by atoms with Gasteiger partial charge < -0.3 is 5.11 Å². The number of carboxylic acid groups (broad SMARTS) is 1. The van der Waals surface area contributed by atoms with Crippen LogP contribution < -0.4 is 5.56 Å². The van der Waals surface area contributed by atoms with Gasteiger partial charge in [-0.1, -0.05) is 36.4 Å². The summed E-state index contributed by atoms with van der Waals surface area (Å²) in [4.78, 5) is 29.1. The topological polar surface area (TPSA) is 72.2 Å². The van der Waals surface area contributed by atoms with Crippen molar-refractivity contribution in [1.29, 1.82) is 0 Å². The summed E-state index contributed by atoms with van der Waals surface area (Å²) in [6.07, 6.45) is -1.63. The maximum absolute atomic E-state index is 13.2. The molecule has 4 rings (SSSR count). The molecule has 0 aliphatic heterocycles. The number of carboxylic acids is 1. The first kappa shape index (κ1) is 21.0. The highest BCUT2D eigenvalue weighted by atomic mass is 19.4. The van der Waals surface area contributed by atoms with Gasteiger partial charge in [0.1, 0.15) is 5.82 Å². The molecule has 1 N–H and O–H groups in total. The van der Waals surface area contributed by atoms with Crippen molar-refractivity contribution >= 4 is 29.0 Å². The van der Waals surface area contributed by atoms with E-state index in [0.29, 0.717) is 10.9 Å². The minimum absolute atomic E-state index is 0.0182. The largest absolute Gasteiger partial charge is 0.478 e. The molecule has 0 bridgehead atoms. The Balaban J connectivity index is 1.90. The molecule has 0 atom stereocenters. The van der Waals surface area contributed by atoms with Crippen molar-refractivity contribution in [1.82, 2.24) is 9.55 Å². The van der Waals surface area contributed by atoms with Gasteiger partial charge in [-0.2, -0.15) is 13.2 Å². The first-order valence-corrected chi connectivity index (χ1v) is 9.45. The highest BCUT2D eigenvalue weighted by Gasteiger charge is 2.30. The lowest BCUT2D eigenvalue weighted by atomic mass is 10.1. The number of nitrogens with zero attached hydrogens (tertiary/aromatic N) is 2. The van der Waals surface area contributed by atoms with Gasteiger partial charge in [-0.05, 0) is 54.1 Å². The van der Waals surface area contributed by atoms with Crippen molar-refractivity contribution in [3.8, 4) is 5.69 Å². The smallest absolute Gasteiger partial charge is 0.416 e. The third-order valence-corrected chi connectivity index (χ3v) is 4.79. The second kappa shape index (κ2) is 8.14. The maximum Gasteiger partial charge on any atom is 0.416 e. The quantitative estimate of drug-likeness (QED) is 0.473. The Kier molecular flexibility index (Phi) is 5.36. The van der Waals surface area contributed by atoms with E-state index in [9.17, 15) is 27.9 Å². The number of aromatic carboxylic acids is 1. The Labute approximate surface area is 179 Å². The van der Waals surface area contributed by atoms with Crippen molar-refractivity contribution in [2.75, 3.05) is 0 Å². The van der Waals surface area contributed by atoms with E-state index in [1.807, 2.05) is 0 Å². The van der Waals surface area contributed by atoms with Crippen LogP contribution in [0.4, 0.5) is 13.2 Å². The van der Waals surface area contributed by atoms with Gasteiger partial charge in [-0.15, -0.1) is 0 Å². The van der Waals surface area contributed by atoms with Gasteiger partial charge in [0.25, 0.3) is 5.56 Å². The highest BCUT2D eigenvalue weighted by molar-refractivity contribution is 5.88. The number of hydrogen-bond acceptors (Lipinski definition) is 3. The molecule has 8 heteroatoms. The molecule has 32 heavy (non-hydrogen) atoms. The molecule has 4 aromatic rings. The fraction of sp³-hybridized carbons (Fsp3) is 0.0417. The lowest BCUT2D eigenvalue weighted by Gasteiger charge is -2.12. The number of fused-ring (bicyclic) bond motifs is 1. The molecule has 3 aromatic carbocycles. The number of benzene rings is 3. The molecule has 160 valence electrons. The Morgan fingerprint density at radius 2 is 1.69 bits per heavy atom. The van der Waals surface area contributed by atoms with E-state index < -0.39 is 23.3 Å². The molecule has 0 spiro atoms. The highest BCUT2D eigenvalue weighted by Crippen LogP contribution is 2.30. The molecule has 0 saturated heterocycles. The van der Waals surface area contributed by atoms with Crippen molar-refractivity contribution in [2.24, 2.45) is 0 Å². The predicted octanol–water partition coefficient (Wildman–Crippen LogP) is 5.27. The Morgan fingerprint density at radius 1 is 0.938 bits per heavy atom. The molecule has 5 nitrogen and oxygen atoms in total. The number of hydrogen-bond donors (Lipinski definition) is 1. The standard InChI is InChI=1S/C24H15F3N2O3/c25-24(26,27)17-7-3-5-15(13-17)11-12-21-28-20-10-2-1-9-19(20)22(30)29(21)18-8-4-6-16(14-18)23(31)32/h1-14H,(H,31,32). The molecular weight excluding hydrogens is 421 g/mol. The summed E-state index contributed by atoms with van der Waals surface area (Å²) in [5.74, 6) is -1.01. The predicted molar refractivity (Wildman–Crippen MR) is 115 cm³/mol. The first-order valence-electron chi connectivity index (χ1n) is 9.45. The van der Waals surface area contributed by atoms with E-state index in [-0.39, 0.29) is 22.6 Å². The number of para-hydroxylation sites is 1. The molecule has 0 unspecified atom stereocenters. The molecule has 1 aromatic heterocycles. The molecular formula is C24H15F3N2O3. The van der Waals surface area contributed by atoms with E-state index >= 15 is 0 Å². The minimum atomic E-state index is -4.48. The van der Waals surface area contributed by atoms with Gasteiger partial charge in [0.05, 0.1) is 27.7 Å². The lowest BCUT2D eigenvalue weighted by Crippen LogP contribution is -2.22. The second-order valence-electron chi connectivity index (χ2n) is 6.94. The molecule has 0 fully saturated rings. The summed E-state index contributed by atoms with van der Waals surface area (Å²) in [6.45, 7) is 0. The fourth-order valence-electron chi connectivity index (χ4n) is 3.28. The van der Waals surface area contributed by atoms with Gasteiger partial charge in [0.2, 0.25) is 0 Å². The zero-order chi connectivity index (χ0) is 22.9. The number of aromatic nitrogens is 2. The van der Waals surface area contributed by atoms with Crippen LogP contribution in [-0.2, 0) is 6.18 Å². The van der Waals surface area contributed by atoms with Gasteiger partial charge in [-0.25, -0.2) is 9.78 Å². The third-order valence-electron chi connectivity index (χ3n) is 4.79. The summed E-state index contributed by atoms with van der Waals surface area (Å²) in [5, 5.41) is 9.62. The first-order chi connectivity index (χ1) is 15.2. The average molecular weight is 436 g/mol. The molecule has 0 amide bonds. The molecule has 0 aliphatic carbocycles. The minimum Gasteiger partial charge on any atom is -0.478 e. The van der Waals surface area contributed by atoms with Crippen molar-refractivity contribution in [3.05, 3.63) is 106 Å². The Hall–Kier alpha value is -4.20. The van der Waals surface area contributed by atoms with E-state index in [4.69, 9.17) is 0 Å². The zero-order valence-electron chi connectivity index (χ0n) is 16.4. The summed E-state index contributed by atoms with van der Waals surface area (Å²) >= 11 is 0. The van der Waals surface area contributed by atoms with Crippen molar-refractivity contribution in [2.45, 2.75) is 6.18 Å². The molecule has 0 aliphatic rings. The summed E-state index contributed by atoms with van der Waals surface area (Å²) < 4.78 is 40.3. The van der Waals surface area contributed by atoms with Crippen LogP contribution in [0.15, 0.2) is 77.6 Å². The Morgan fingerprint density at radius 3 is 2.44 bits per heavy atom. The van der Waals surface area contributed by atoms with E-state index in [2.05, 4.69) is 4.98 Å². The summed E-state index contributed by atoms with van der Waals surface area (Å²) in [5.41, 5.74) is -0.286. The third kappa shape index (κ3) is 4.15. The normalized spacial score (nSPS) is 11.8. The van der Waals surface area contributed by atoms with Crippen LogP contribution in [-0.4, -0.2) is 20.6 Å². The number of halogens is 3. The summed E-state index contributed by atoms with van der Waals surface area (Å²) in [6, 6.07) is 17.2. The van der Waals surface area contributed by atoms with Gasteiger partial charge in [0, 0.05) is 0 Å². The van der Waals surface area contributed by atoms with Crippen LogP contribution in [0.25, 0.3) is 28.7 Å². The monoisotopic (exact) mass is 436 g/mol. The van der Waals surface area contributed by atoms with Crippen LogP contribution in [0.5, 0.6) is 0 Å². The average Bonchev–Trinajstić information content (AvgIpc) is 2.77. The van der Waals surface area contributed by atoms with E-state index in [1.54, 1.807) is 30.3 Å². The van der Waals surface area contributed by atoms with Crippen LogP contribution in [0.2, 0.25) is 0 Å². The van der Waals surface area contributed by atoms with Crippen LogP contribution in [0.3, 0.4) is 0 Å². The number of carbonyl (C=O) groups is 1. The maximum atomic E-state index is 13.2. The molecule has 1 heterocycles. The lowest BCUT2D eigenvalue weighted by molar-refractivity contribution is -0.137. The van der Waals surface area contributed by atoms with Gasteiger partial charge >= 0.3 is 12.1 Å². The van der Waals surface area contributed by atoms with E-state index in [0.717, 1.165) is 12.1 Å². The second-order valence-corrected chi connectivity index (χ2v) is 6.94. The van der Waals surface area contributed by atoms with Crippen molar-refractivity contribution in [3.63, 3.8) is 0 Å². The van der Waals surface area contributed by atoms with Crippen molar-refractivity contribution < 1.29 is 23.1 Å². The van der Waals surface area contributed by atoms with Crippen LogP contribution >= 0.6 is 0 Å². The van der Waals surface area contributed by atoms with E-state index in [1.165, 1.54) is 47.1 Å². The zero-order valence-corrected chi connectivity index (χ0v) is 16.4. The fourth-order valence-corrected chi connectivity index (χ4v) is 3.28. The molecule has 0 radical (unpaired) electrons.